The van der Waals surface area contributed by atoms with E-state index in [0.717, 1.165) is 67.7 Å². The van der Waals surface area contributed by atoms with Gasteiger partial charge >= 0.3 is 18.1 Å². The number of ether oxygens (including phenoxy) is 3. The summed E-state index contributed by atoms with van der Waals surface area (Å²) in [6.45, 7) is -0.174. The largest absolute Gasteiger partial charge is 0.471 e. The lowest BCUT2D eigenvalue weighted by molar-refractivity contribution is -0.250. The maximum absolute atomic E-state index is 13.7. The number of halogens is 3. The molecule has 2 heterocycles. The highest BCUT2D eigenvalue weighted by atomic mass is 19.4. The number of hydrogen-bond donors (Lipinski definition) is 5. The van der Waals surface area contributed by atoms with E-state index >= 15 is 0 Å². The molecular formula is C41H47F3N8O11. The van der Waals surface area contributed by atoms with Crippen LogP contribution in [0.1, 0.15) is 67.3 Å². The SMILES string of the molecule is COC(=O)[C@H](CCC(=O)NCCOC1(OCCNC(=O)CCN2C(=O)C=CC2=O)CCCCC1)NC(=O)c1ccc(N(Cc2ccc3nc(N)[nH]c(=O)c3c2)C(=O)C(F)(F)F)cc1. The van der Waals surface area contributed by atoms with Crippen molar-refractivity contribution in [3.05, 3.63) is 76.1 Å². The van der Waals surface area contributed by atoms with Gasteiger partial charge in [-0.2, -0.15) is 13.2 Å². The lowest BCUT2D eigenvalue weighted by atomic mass is 9.94. The smallest absolute Gasteiger partial charge is 0.467 e. The van der Waals surface area contributed by atoms with Crippen molar-refractivity contribution in [1.29, 1.82) is 0 Å². The van der Waals surface area contributed by atoms with Gasteiger partial charge in [0.25, 0.3) is 23.3 Å². The average Bonchev–Trinajstić information content (AvgIpc) is 3.58. The quantitative estimate of drug-likeness (QED) is 0.0471. The highest BCUT2D eigenvalue weighted by molar-refractivity contribution is 6.13. The van der Waals surface area contributed by atoms with Gasteiger partial charge in [-0.1, -0.05) is 12.5 Å². The first-order valence-electron chi connectivity index (χ1n) is 20.0. The lowest BCUT2D eigenvalue weighted by Gasteiger charge is -2.37. The van der Waals surface area contributed by atoms with Crippen LogP contribution in [-0.2, 0) is 49.5 Å². The van der Waals surface area contributed by atoms with E-state index in [1.165, 1.54) is 18.2 Å². The van der Waals surface area contributed by atoms with Gasteiger partial charge in [-0.25, -0.2) is 9.78 Å². The van der Waals surface area contributed by atoms with Crippen molar-refractivity contribution in [2.24, 2.45) is 0 Å². The molecule has 22 heteroatoms. The first kappa shape index (κ1) is 47.4. The second-order valence-electron chi connectivity index (χ2n) is 14.6. The number of nitrogen functional groups attached to an aromatic ring is 1. The zero-order valence-corrected chi connectivity index (χ0v) is 34.2. The molecule has 1 aliphatic heterocycles. The number of nitrogens with two attached hydrogens (primary N) is 1. The van der Waals surface area contributed by atoms with Crippen molar-refractivity contribution in [2.45, 2.75) is 75.9 Å². The minimum Gasteiger partial charge on any atom is -0.467 e. The number of esters is 1. The molecule has 0 unspecified atom stereocenters. The summed E-state index contributed by atoms with van der Waals surface area (Å²) in [5.74, 6) is -6.71. The van der Waals surface area contributed by atoms with Crippen molar-refractivity contribution in [1.82, 2.24) is 30.8 Å². The topological polar surface area (TPSA) is 262 Å². The number of carbonyl (C=O) groups is 7. The molecule has 0 radical (unpaired) electrons. The number of imide groups is 1. The van der Waals surface area contributed by atoms with Crippen LogP contribution in [0.3, 0.4) is 0 Å². The molecule has 1 fully saturated rings. The van der Waals surface area contributed by atoms with E-state index in [1.807, 2.05) is 0 Å². The molecular weight excluding hydrogens is 837 g/mol. The Morgan fingerprint density at radius 2 is 1.52 bits per heavy atom. The van der Waals surface area contributed by atoms with Crippen molar-refractivity contribution < 1.29 is 60.9 Å². The summed E-state index contributed by atoms with van der Waals surface area (Å²) in [5.41, 5.74) is 4.98. The summed E-state index contributed by atoms with van der Waals surface area (Å²) in [6, 6.07) is 7.31. The van der Waals surface area contributed by atoms with E-state index < -0.39 is 65.6 Å². The van der Waals surface area contributed by atoms with Crippen LogP contribution in [0, 0.1) is 0 Å². The van der Waals surface area contributed by atoms with Crippen LogP contribution in [0.2, 0.25) is 0 Å². The number of carbonyl (C=O) groups excluding carboxylic acids is 7. The third kappa shape index (κ3) is 13.2. The van der Waals surface area contributed by atoms with Crippen molar-refractivity contribution in [2.75, 3.05) is 50.6 Å². The number of nitrogens with zero attached hydrogens (tertiary/aromatic N) is 3. The molecule has 1 saturated carbocycles. The number of fused-ring (bicyclic) bond motifs is 1. The van der Waals surface area contributed by atoms with Crippen molar-refractivity contribution >= 4 is 64.0 Å². The van der Waals surface area contributed by atoms with Gasteiger partial charge in [0.15, 0.2) is 5.79 Å². The normalized spacial score (nSPS) is 15.2. The highest BCUT2D eigenvalue weighted by Gasteiger charge is 2.43. The fourth-order valence-corrected chi connectivity index (χ4v) is 6.94. The van der Waals surface area contributed by atoms with Gasteiger partial charge in [0.1, 0.15) is 6.04 Å². The summed E-state index contributed by atoms with van der Waals surface area (Å²) in [5, 5.41) is 7.90. The zero-order chi connectivity index (χ0) is 45.7. The number of methoxy groups -OCH3 is 1. The standard InChI is InChI=1S/C41H47F3N8O11/c1-61-37(59)30(11-12-31(53)46-18-21-62-40(16-3-2-4-17-40)63-22-19-47-32(54)15-20-51-33(55)13-14-34(51)56)48-35(57)26-6-8-27(9-7-26)52(38(60)41(42,43)44)24-25-5-10-29-28(23-25)36(58)50-39(45)49-29/h5-10,13-14,23,30H,2-4,11-12,15-22,24H2,1H3,(H,46,53)(H,47,54)(H,48,57)(H3,45,49,50,58)/t30-/m0/s1. The van der Waals surface area contributed by atoms with Crippen LogP contribution < -0.4 is 32.1 Å². The number of H-pyrrole nitrogens is 1. The van der Waals surface area contributed by atoms with Crippen LogP contribution in [0.25, 0.3) is 10.9 Å². The molecule has 3 aromatic rings. The van der Waals surface area contributed by atoms with Gasteiger partial charge in [0.2, 0.25) is 17.8 Å². The van der Waals surface area contributed by atoms with E-state index in [-0.39, 0.29) is 91.7 Å². The molecule has 0 saturated heterocycles. The summed E-state index contributed by atoms with van der Waals surface area (Å²) in [7, 11) is 1.09. The molecule has 1 atom stereocenters. The monoisotopic (exact) mass is 884 g/mol. The third-order valence-corrected chi connectivity index (χ3v) is 10.2. The Hall–Kier alpha value is -6.68. The number of alkyl halides is 3. The fraction of sp³-hybridized carbons (Fsp3) is 0.439. The second kappa shape index (κ2) is 21.4. The summed E-state index contributed by atoms with van der Waals surface area (Å²) in [6.07, 6.45) is 0.446. The van der Waals surface area contributed by atoms with E-state index in [4.69, 9.17) is 19.9 Å². The van der Waals surface area contributed by atoms with Crippen LogP contribution in [-0.4, -0.2) is 114 Å². The van der Waals surface area contributed by atoms with Gasteiger partial charge in [0, 0.05) is 68.7 Å². The van der Waals surface area contributed by atoms with Crippen LogP contribution in [0.15, 0.2) is 59.4 Å². The fourth-order valence-electron chi connectivity index (χ4n) is 6.94. The molecule has 2 aliphatic rings. The average molecular weight is 885 g/mol. The third-order valence-electron chi connectivity index (χ3n) is 10.2. The molecule has 2 aromatic carbocycles. The number of benzene rings is 2. The number of rotatable bonds is 20. The van der Waals surface area contributed by atoms with Gasteiger partial charge in [-0.15, -0.1) is 0 Å². The number of aromatic nitrogens is 2. The van der Waals surface area contributed by atoms with E-state index in [1.54, 1.807) is 0 Å². The predicted molar refractivity (Wildman–Crippen MR) is 217 cm³/mol. The van der Waals surface area contributed by atoms with Crippen molar-refractivity contribution in [3.63, 3.8) is 0 Å². The molecule has 6 amide bonds. The predicted octanol–water partition coefficient (Wildman–Crippen LogP) is 1.89. The summed E-state index contributed by atoms with van der Waals surface area (Å²) < 4.78 is 58.1. The van der Waals surface area contributed by atoms with E-state index in [0.29, 0.717) is 17.7 Å². The number of anilines is 2. The molecule has 338 valence electrons. The van der Waals surface area contributed by atoms with Gasteiger partial charge < -0.3 is 40.8 Å². The van der Waals surface area contributed by atoms with Gasteiger partial charge in [-0.3, -0.25) is 43.4 Å². The molecule has 6 N–H and O–H groups in total. The maximum Gasteiger partial charge on any atom is 0.471 e. The lowest BCUT2D eigenvalue weighted by Crippen LogP contribution is -2.43. The van der Waals surface area contributed by atoms with Crippen molar-refractivity contribution in [3.8, 4) is 0 Å². The number of hydrogen-bond acceptors (Lipinski definition) is 13. The second-order valence-corrected chi connectivity index (χ2v) is 14.6. The number of aromatic amines is 1. The molecule has 0 spiro atoms. The Labute approximate surface area is 357 Å². The van der Waals surface area contributed by atoms with Gasteiger partial charge in [0.05, 0.1) is 37.8 Å². The van der Waals surface area contributed by atoms with Crippen LogP contribution in [0.4, 0.5) is 24.8 Å². The molecule has 1 aromatic heterocycles. The Bertz CT molecular complexity index is 2260. The zero-order valence-electron chi connectivity index (χ0n) is 34.2. The molecule has 1 aliphatic carbocycles. The Balaban J connectivity index is 1.09. The minimum absolute atomic E-state index is 0.0375. The van der Waals surface area contributed by atoms with Crippen LogP contribution in [0.5, 0.6) is 0 Å². The summed E-state index contributed by atoms with van der Waals surface area (Å²) in [4.78, 5) is 107. The molecule has 63 heavy (non-hydrogen) atoms. The van der Waals surface area contributed by atoms with E-state index in [9.17, 15) is 51.5 Å². The highest BCUT2D eigenvalue weighted by Crippen LogP contribution is 2.33. The van der Waals surface area contributed by atoms with Gasteiger partial charge in [-0.05, 0) is 61.2 Å². The first-order valence-corrected chi connectivity index (χ1v) is 20.0. The molecule has 5 rings (SSSR count). The maximum atomic E-state index is 13.7. The molecule has 19 nitrogen and oxygen atoms in total. The Morgan fingerprint density at radius 3 is 2.13 bits per heavy atom. The number of nitrogens with one attached hydrogen (secondary N) is 4. The Kier molecular flexibility index (Phi) is 16.1. The first-order chi connectivity index (χ1) is 30.0. The summed E-state index contributed by atoms with van der Waals surface area (Å²) >= 11 is 0. The molecule has 0 bridgehead atoms. The van der Waals surface area contributed by atoms with Crippen LogP contribution >= 0.6 is 0 Å². The Morgan fingerprint density at radius 1 is 0.905 bits per heavy atom. The van der Waals surface area contributed by atoms with E-state index in [2.05, 4.69) is 25.9 Å². The number of amides is 6. The minimum atomic E-state index is -5.27.